The Morgan fingerprint density at radius 3 is 2.42 bits per heavy atom. The lowest BCUT2D eigenvalue weighted by Crippen LogP contribution is -2.48. The average Bonchev–Trinajstić information content (AvgIpc) is 3.39. The number of rotatable bonds is 6. The molecule has 7 heteroatoms. The van der Waals surface area contributed by atoms with Crippen LogP contribution in [-0.4, -0.2) is 36.6 Å². The Kier molecular flexibility index (Phi) is 6.89. The van der Waals surface area contributed by atoms with E-state index in [4.69, 9.17) is 9.47 Å². The van der Waals surface area contributed by atoms with Crippen LogP contribution < -0.4 is 14.8 Å². The maximum absolute atomic E-state index is 13.4. The Bertz CT molecular complexity index is 1240. The second-order valence-corrected chi connectivity index (χ2v) is 9.35. The van der Waals surface area contributed by atoms with Gasteiger partial charge in [-0.25, -0.2) is 4.39 Å². The molecule has 0 spiro atoms. The van der Waals surface area contributed by atoms with E-state index in [0.29, 0.717) is 43.1 Å². The Balaban J connectivity index is 1.33. The van der Waals surface area contributed by atoms with Crippen molar-refractivity contribution in [2.45, 2.75) is 32.2 Å². The molecule has 186 valence electrons. The van der Waals surface area contributed by atoms with Gasteiger partial charge in [-0.15, -0.1) is 0 Å². The molecule has 0 radical (unpaired) electrons. The van der Waals surface area contributed by atoms with E-state index in [1.807, 2.05) is 18.2 Å². The number of carbonyl (C=O) groups excluding carboxylic acids is 2. The summed E-state index contributed by atoms with van der Waals surface area (Å²) in [4.78, 5) is 28.3. The van der Waals surface area contributed by atoms with Crippen molar-refractivity contribution in [3.63, 3.8) is 0 Å². The van der Waals surface area contributed by atoms with Gasteiger partial charge >= 0.3 is 0 Å². The van der Waals surface area contributed by atoms with Crippen LogP contribution in [0.1, 0.15) is 46.3 Å². The van der Waals surface area contributed by atoms with Gasteiger partial charge in [0.15, 0.2) is 11.5 Å². The molecule has 3 aromatic carbocycles. The van der Waals surface area contributed by atoms with E-state index < -0.39 is 0 Å². The molecule has 36 heavy (non-hydrogen) atoms. The summed E-state index contributed by atoms with van der Waals surface area (Å²) in [5.74, 6) is 0.344. The van der Waals surface area contributed by atoms with Crippen LogP contribution in [-0.2, 0) is 17.8 Å². The molecule has 0 bridgehead atoms. The number of fused-ring (bicyclic) bond motifs is 1. The van der Waals surface area contributed by atoms with Crippen LogP contribution in [0.25, 0.3) is 0 Å². The zero-order valence-electron chi connectivity index (χ0n) is 20.2. The number of piperidine rings is 1. The van der Waals surface area contributed by atoms with Crippen LogP contribution in [0.15, 0.2) is 66.7 Å². The van der Waals surface area contributed by atoms with Crippen molar-refractivity contribution in [2.75, 3.05) is 19.9 Å². The van der Waals surface area contributed by atoms with Gasteiger partial charge in [-0.1, -0.05) is 37.3 Å². The molecule has 2 heterocycles. The van der Waals surface area contributed by atoms with E-state index in [2.05, 4.69) is 36.5 Å². The number of benzene rings is 3. The number of nitrogens with one attached hydrogen (secondary N) is 1. The first kappa shape index (κ1) is 23.9. The number of aryl methyl sites for hydroxylation is 1. The third-order valence-corrected chi connectivity index (χ3v) is 6.96. The zero-order chi connectivity index (χ0) is 25.1. The van der Waals surface area contributed by atoms with Crippen molar-refractivity contribution in [3.05, 3.63) is 94.8 Å². The molecule has 3 aromatic rings. The number of likely N-dealkylation sites (tertiary alicyclic amines) is 1. The van der Waals surface area contributed by atoms with Gasteiger partial charge in [0.2, 0.25) is 12.7 Å². The summed E-state index contributed by atoms with van der Waals surface area (Å²) in [5.41, 5.74) is 3.68. The lowest BCUT2D eigenvalue weighted by atomic mass is 9.83. The standard InChI is InChI=1S/C29H29FN2O4/c1-2-19-3-6-21(7-4-19)23-14-24(17-32(16-23)29(34)22-8-10-25(30)11-9-22)28(33)31-15-20-5-12-26-27(13-20)36-18-35-26/h3-13,23-24H,2,14-18H2,1H3,(H,31,33)/t23-,24+/m1/s1. The predicted octanol–water partition coefficient (Wildman–Crippen LogP) is 4.68. The zero-order valence-corrected chi connectivity index (χ0v) is 20.2. The summed E-state index contributed by atoms with van der Waals surface area (Å²) in [6.07, 6.45) is 1.59. The van der Waals surface area contributed by atoms with Crippen molar-refractivity contribution in [1.82, 2.24) is 10.2 Å². The predicted molar refractivity (Wildman–Crippen MR) is 133 cm³/mol. The van der Waals surface area contributed by atoms with Crippen molar-refractivity contribution in [2.24, 2.45) is 5.92 Å². The van der Waals surface area contributed by atoms with Gasteiger partial charge in [0, 0.05) is 31.1 Å². The van der Waals surface area contributed by atoms with Gasteiger partial charge < -0.3 is 19.7 Å². The number of carbonyl (C=O) groups is 2. The van der Waals surface area contributed by atoms with Crippen LogP contribution >= 0.6 is 0 Å². The first-order valence-electron chi connectivity index (χ1n) is 12.3. The normalized spacial score (nSPS) is 18.7. The van der Waals surface area contributed by atoms with E-state index in [-0.39, 0.29) is 36.3 Å². The van der Waals surface area contributed by atoms with Crippen molar-refractivity contribution < 1.29 is 23.5 Å². The van der Waals surface area contributed by atoms with E-state index in [9.17, 15) is 14.0 Å². The average molecular weight is 489 g/mol. The quantitative estimate of drug-likeness (QED) is 0.547. The SMILES string of the molecule is CCc1ccc([C@@H]2C[C@H](C(=O)NCc3ccc4c(c3)OCO4)CN(C(=O)c3ccc(F)cc3)C2)cc1. The minimum atomic E-state index is -0.389. The second kappa shape index (κ2) is 10.4. The van der Waals surface area contributed by atoms with Crippen LogP contribution in [0.2, 0.25) is 0 Å². The molecule has 0 unspecified atom stereocenters. The third-order valence-electron chi connectivity index (χ3n) is 6.96. The fourth-order valence-electron chi connectivity index (χ4n) is 4.88. The van der Waals surface area contributed by atoms with Crippen LogP contribution in [0.3, 0.4) is 0 Å². The summed E-state index contributed by atoms with van der Waals surface area (Å²) in [6, 6.07) is 19.6. The molecule has 2 atom stereocenters. The largest absolute Gasteiger partial charge is 0.454 e. The highest BCUT2D eigenvalue weighted by Crippen LogP contribution is 2.33. The minimum Gasteiger partial charge on any atom is -0.454 e. The molecule has 0 aromatic heterocycles. The summed E-state index contributed by atoms with van der Waals surface area (Å²) in [7, 11) is 0. The number of nitrogens with zero attached hydrogens (tertiary/aromatic N) is 1. The summed E-state index contributed by atoms with van der Waals surface area (Å²) < 4.78 is 24.2. The van der Waals surface area contributed by atoms with Crippen molar-refractivity contribution in [3.8, 4) is 11.5 Å². The van der Waals surface area contributed by atoms with Crippen LogP contribution in [0, 0.1) is 11.7 Å². The monoisotopic (exact) mass is 488 g/mol. The van der Waals surface area contributed by atoms with Gasteiger partial charge in [0.05, 0.1) is 5.92 Å². The van der Waals surface area contributed by atoms with Crippen molar-refractivity contribution in [1.29, 1.82) is 0 Å². The molecule has 5 rings (SSSR count). The Labute approximate surface area is 210 Å². The first-order chi connectivity index (χ1) is 17.5. The highest BCUT2D eigenvalue weighted by molar-refractivity contribution is 5.94. The lowest BCUT2D eigenvalue weighted by Gasteiger charge is -2.37. The summed E-state index contributed by atoms with van der Waals surface area (Å²) in [6.45, 7) is 3.49. The molecular weight excluding hydrogens is 459 g/mol. The van der Waals surface area contributed by atoms with Gasteiger partial charge in [-0.05, 0) is 65.9 Å². The van der Waals surface area contributed by atoms with Gasteiger partial charge in [-0.2, -0.15) is 0 Å². The Morgan fingerprint density at radius 2 is 1.67 bits per heavy atom. The molecule has 1 N–H and O–H groups in total. The summed E-state index contributed by atoms with van der Waals surface area (Å²) >= 11 is 0. The van der Waals surface area contributed by atoms with Crippen LogP contribution in [0.5, 0.6) is 11.5 Å². The topological polar surface area (TPSA) is 67.9 Å². The van der Waals surface area contributed by atoms with Crippen molar-refractivity contribution >= 4 is 11.8 Å². The van der Waals surface area contributed by atoms with Gasteiger partial charge in [0.25, 0.3) is 5.91 Å². The van der Waals surface area contributed by atoms with E-state index in [0.717, 1.165) is 17.5 Å². The third kappa shape index (κ3) is 5.20. The molecule has 1 saturated heterocycles. The molecular formula is C29H29FN2O4. The van der Waals surface area contributed by atoms with Gasteiger partial charge in [0.1, 0.15) is 5.82 Å². The maximum Gasteiger partial charge on any atom is 0.253 e. The molecule has 2 aliphatic rings. The fourth-order valence-corrected chi connectivity index (χ4v) is 4.88. The first-order valence-corrected chi connectivity index (χ1v) is 12.3. The number of halogens is 1. The number of hydrogen-bond donors (Lipinski definition) is 1. The molecule has 0 aliphatic carbocycles. The van der Waals surface area contributed by atoms with E-state index >= 15 is 0 Å². The fraction of sp³-hybridized carbons (Fsp3) is 0.310. The Hall–Kier alpha value is -3.87. The van der Waals surface area contributed by atoms with Crippen LogP contribution in [0.4, 0.5) is 4.39 Å². The maximum atomic E-state index is 13.4. The summed E-state index contributed by atoms with van der Waals surface area (Å²) in [5, 5.41) is 3.03. The molecule has 1 fully saturated rings. The smallest absolute Gasteiger partial charge is 0.253 e. The second-order valence-electron chi connectivity index (χ2n) is 9.35. The number of hydrogen-bond acceptors (Lipinski definition) is 4. The van der Waals surface area contributed by atoms with Gasteiger partial charge in [-0.3, -0.25) is 9.59 Å². The molecule has 2 amide bonds. The highest BCUT2D eigenvalue weighted by atomic mass is 19.1. The lowest BCUT2D eigenvalue weighted by molar-refractivity contribution is -0.126. The molecule has 6 nitrogen and oxygen atoms in total. The molecule has 2 aliphatic heterocycles. The van der Waals surface area contributed by atoms with E-state index in [1.165, 1.54) is 29.8 Å². The minimum absolute atomic E-state index is 0.0235. The highest BCUT2D eigenvalue weighted by Gasteiger charge is 2.35. The Morgan fingerprint density at radius 1 is 0.944 bits per heavy atom. The molecule has 0 saturated carbocycles. The number of amides is 2. The number of ether oxygens (including phenoxy) is 2. The van der Waals surface area contributed by atoms with E-state index in [1.54, 1.807) is 4.90 Å².